The maximum Gasteiger partial charge on any atom is 0.191 e. The lowest BCUT2D eigenvalue weighted by Crippen LogP contribution is -2.47. The Balaban J connectivity index is 1.52. The fraction of sp³-hybridized carbons (Fsp3) is 0.682. The minimum absolute atomic E-state index is 0.195. The summed E-state index contributed by atoms with van der Waals surface area (Å²) in [5.74, 6) is 2.53. The molecule has 0 spiro atoms. The monoisotopic (exact) mass is 388 g/mol. The molecule has 0 aliphatic carbocycles. The number of methoxy groups -OCH3 is 1. The van der Waals surface area contributed by atoms with E-state index in [0.717, 1.165) is 50.9 Å². The smallest absolute Gasteiger partial charge is 0.191 e. The molecule has 1 fully saturated rings. The molecule has 1 aromatic rings. The second-order valence-corrected chi connectivity index (χ2v) is 8.53. The predicted octanol–water partition coefficient (Wildman–Crippen LogP) is 2.81. The first kappa shape index (κ1) is 20.9. The van der Waals surface area contributed by atoms with E-state index in [1.165, 1.54) is 18.4 Å². The Hall–Kier alpha value is -1.79. The lowest BCUT2D eigenvalue weighted by Gasteiger charge is -2.38. The zero-order valence-corrected chi connectivity index (χ0v) is 17.8. The first-order chi connectivity index (χ1) is 13.5. The van der Waals surface area contributed by atoms with Gasteiger partial charge in [0.25, 0.3) is 0 Å². The van der Waals surface area contributed by atoms with Crippen LogP contribution in [-0.4, -0.2) is 63.4 Å². The van der Waals surface area contributed by atoms with Crippen LogP contribution >= 0.6 is 0 Å². The molecule has 1 unspecified atom stereocenters. The normalized spacial score (nSPS) is 23.0. The quantitative estimate of drug-likeness (QED) is 0.580. The molecule has 2 heterocycles. The van der Waals surface area contributed by atoms with Crippen LogP contribution in [0.25, 0.3) is 0 Å². The molecule has 1 atom stereocenters. The third-order valence-electron chi connectivity index (χ3n) is 5.79. The van der Waals surface area contributed by atoms with E-state index in [0.29, 0.717) is 5.92 Å². The summed E-state index contributed by atoms with van der Waals surface area (Å²) in [6.45, 7) is 9.43. The van der Waals surface area contributed by atoms with Crippen molar-refractivity contribution in [2.75, 3.05) is 46.9 Å². The van der Waals surface area contributed by atoms with Crippen LogP contribution in [0.1, 0.15) is 44.7 Å². The molecular formula is C22H36N4O2. The number of hydrogen-bond donors (Lipinski definition) is 2. The zero-order valence-electron chi connectivity index (χ0n) is 17.8. The van der Waals surface area contributed by atoms with Gasteiger partial charge in [-0.15, -0.1) is 0 Å². The zero-order chi connectivity index (χ0) is 20.0. The van der Waals surface area contributed by atoms with Crippen molar-refractivity contribution in [3.63, 3.8) is 0 Å². The van der Waals surface area contributed by atoms with Gasteiger partial charge in [0.1, 0.15) is 11.4 Å². The standard InChI is InChI=1S/C22H36N4O2/c1-22(2)15-19(18-7-5-6-8-20(18)28-22)25-21(23-3)24-16-17-9-11-26(12-10-17)13-14-27-4/h5-8,17,19H,9-16H2,1-4H3,(H2,23,24,25). The molecule has 28 heavy (non-hydrogen) atoms. The highest BCUT2D eigenvalue weighted by Crippen LogP contribution is 2.39. The maximum absolute atomic E-state index is 6.14. The highest BCUT2D eigenvalue weighted by atomic mass is 16.5. The number of likely N-dealkylation sites (tertiary alicyclic amines) is 1. The molecule has 2 aliphatic heterocycles. The fourth-order valence-electron chi connectivity index (χ4n) is 4.17. The second-order valence-electron chi connectivity index (χ2n) is 8.53. The number of fused-ring (bicyclic) bond motifs is 1. The van der Waals surface area contributed by atoms with Crippen LogP contribution in [0.5, 0.6) is 5.75 Å². The Kier molecular flexibility index (Phi) is 7.18. The molecule has 2 N–H and O–H groups in total. The number of rotatable bonds is 6. The summed E-state index contributed by atoms with van der Waals surface area (Å²) < 4.78 is 11.3. The Morgan fingerprint density at radius 2 is 2.04 bits per heavy atom. The average molecular weight is 389 g/mol. The van der Waals surface area contributed by atoms with E-state index in [1.807, 2.05) is 13.1 Å². The van der Waals surface area contributed by atoms with Crippen LogP contribution in [0, 0.1) is 5.92 Å². The predicted molar refractivity (Wildman–Crippen MR) is 114 cm³/mol. The number of benzene rings is 1. The van der Waals surface area contributed by atoms with Crippen LogP contribution in [0.3, 0.4) is 0 Å². The van der Waals surface area contributed by atoms with E-state index >= 15 is 0 Å². The number of nitrogens with one attached hydrogen (secondary N) is 2. The van der Waals surface area contributed by atoms with Crippen LogP contribution in [-0.2, 0) is 4.74 Å². The third-order valence-corrected chi connectivity index (χ3v) is 5.79. The molecule has 0 amide bonds. The van der Waals surface area contributed by atoms with E-state index < -0.39 is 0 Å². The van der Waals surface area contributed by atoms with Gasteiger partial charge in [-0.3, -0.25) is 4.99 Å². The van der Waals surface area contributed by atoms with Gasteiger partial charge >= 0.3 is 0 Å². The summed E-state index contributed by atoms with van der Waals surface area (Å²) in [6.07, 6.45) is 3.35. The number of piperidine rings is 1. The Morgan fingerprint density at radius 1 is 1.29 bits per heavy atom. The van der Waals surface area contributed by atoms with Crippen molar-refractivity contribution >= 4 is 5.96 Å². The Labute approximate surface area is 169 Å². The topological polar surface area (TPSA) is 58.1 Å². The first-order valence-corrected chi connectivity index (χ1v) is 10.5. The van der Waals surface area contributed by atoms with E-state index in [2.05, 4.69) is 52.6 Å². The molecule has 6 nitrogen and oxygen atoms in total. The average Bonchev–Trinajstić information content (AvgIpc) is 2.69. The summed E-state index contributed by atoms with van der Waals surface area (Å²) >= 11 is 0. The summed E-state index contributed by atoms with van der Waals surface area (Å²) in [6, 6.07) is 8.50. The molecule has 0 saturated carbocycles. The molecule has 0 aromatic heterocycles. The van der Waals surface area contributed by atoms with Gasteiger partial charge in [-0.2, -0.15) is 0 Å². The second kappa shape index (κ2) is 9.61. The number of guanidine groups is 1. The lowest BCUT2D eigenvalue weighted by molar-refractivity contribution is 0.0693. The van der Waals surface area contributed by atoms with Crippen LogP contribution in [0.4, 0.5) is 0 Å². The summed E-state index contributed by atoms with van der Waals surface area (Å²) in [7, 11) is 3.62. The molecule has 3 rings (SSSR count). The molecule has 0 bridgehead atoms. The van der Waals surface area contributed by atoms with Crippen molar-refractivity contribution in [1.29, 1.82) is 0 Å². The fourth-order valence-corrected chi connectivity index (χ4v) is 4.17. The summed E-state index contributed by atoms with van der Waals surface area (Å²) in [4.78, 5) is 6.96. The summed E-state index contributed by atoms with van der Waals surface area (Å²) in [5, 5.41) is 7.18. The number of para-hydroxylation sites is 1. The van der Waals surface area contributed by atoms with Gasteiger partial charge in [0.15, 0.2) is 5.96 Å². The molecule has 2 aliphatic rings. The first-order valence-electron chi connectivity index (χ1n) is 10.5. The van der Waals surface area contributed by atoms with Crippen molar-refractivity contribution in [1.82, 2.24) is 15.5 Å². The highest BCUT2D eigenvalue weighted by molar-refractivity contribution is 5.80. The van der Waals surface area contributed by atoms with Crippen LogP contribution in [0.2, 0.25) is 0 Å². The van der Waals surface area contributed by atoms with Crippen molar-refractivity contribution in [3.8, 4) is 5.75 Å². The van der Waals surface area contributed by atoms with Crippen molar-refractivity contribution < 1.29 is 9.47 Å². The minimum atomic E-state index is -0.195. The Morgan fingerprint density at radius 3 is 2.75 bits per heavy atom. The number of ether oxygens (including phenoxy) is 2. The number of hydrogen-bond acceptors (Lipinski definition) is 4. The SMILES string of the molecule is CN=C(NCC1CCN(CCOC)CC1)NC1CC(C)(C)Oc2ccccc21. The third kappa shape index (κ3) is 5.61. The molecule has 1 aromatic carbocycles. The van der Waals surface area contributed by atoms with Gasteiger partial charge in [0.2, 0.25) is 0 Å². The van der Waals surface area contributed by atoms with Gasteiger partial charge < -0.3 is 25.0 Å². The van der Waals surface area contributed by atoms with E-state index in [4.69, 9.17) is 9.47 Å². The maximum atomic E-state index is 6.14. The van der Waals surface area contributed by atoms with E-state index in [1.54, 1.807) is 7.11 Å². The van der Waals surface area contributed by atoms with Crippen LogP contribution in [0.15, 0.2) is 29.3 Å². The van der Waals surface area contributed by atoms with E-state index in [-0.39, 0.29) is 11.6 Å². The minimum Gasteiger partial charge on any atom is -0.487 e. The van der Waals surface area contributed by atoms with Gasteiger partial charge in [0, 0.05) is 39.2 Å². The van der Waals surface area contributed by atoms with Crippen LogP contribution < -0.4 is 15.4 Å². The molecule has 156 valence electrons. The van der Waals surface area contributed by atoms with Gasteiger partial charge in [-0.05, 0) is 51.8 Å². The van der Waals surface area contributed by atoms with E-state index in [9.17, 15) is 0 Å². The lowest BCUT2D eigenvalue weighted by atomic mass is 9.90. The van der Waals surface area contributed by atoms with Crippen molar-refractivity contribution in [3.05, 3.63) is 29.8 Å². The Bertz CT molecular complexity index is 654. The van der Waals surface area contributed by atoms with Crippen molar-refractivity contribution in [2.24, 2.45) is 10.9 Å². The van der Waals surface area contributed by atoms with Gasteiger partial charge in [-0.25, -0.2) is 0 Å². The van der Waals surface area contributed by atoms with Gasteiger partial charge in [-0.1, -0.05) is 18.2 Å². The van der Waals surface area contributed by atoms with Crippen molar-refractivity contribution in [2.45, 2.75) is 44.8 Å². The molecule has 0 radical (unpaired) electrons. The molecule has 1 saturated heterocycles. The highest BCUT2D eigenvalue weighted by Gasteiger charge is 2.34. The molecular weight excluding hydrogens is 352 g/mol. The van der Waals surface area contributed by atoms with Gasteiger partial charge in [0.05, 0.1) is 12.6 Å². The number of nitrogens with zero attached hydrogens (tertiary/aromatic N) is 2. The summed E-state index contributed by atoms with van der Waals surface area (Å²) in [5.41, 5.74) is 1.01. The number of aliphatic imine (C=N–C) groups is 1. The largest absolute Gasteiger partial charge is 0.487 e. The molecule has 6 heteroatoms.